The van der Waals surface area contributed by atoms with Crippen molar-refractivity contribution in [1.82, 2.24) is 4.90 Å². The largest absolute Gasteiger partial charge is 0.870 e. The van der Waals surface area contributed by atoms with Crippen molar-refractivity contribution in [3.63, 3.8) is 0 Å². The van der Waals surface area contributed by atoms with Gasteiger partial charge >= 0.3 is 0 Å². The Balaban J connectivity index is 2.44. The summed E-state index contributed by atoms with van der Waals surface area (Å²) in [5.74, 6) is -0.728. The van der Waals surface area contributed by atoms with Gasteiger partial charge in [-0.25, -0.2) is 0 Å². The summed E-state index contributed by atoms with van der Waals surface area (Å²) in [6.07, 6.45) is 1.33. The highest BCUT2D eigenvalue weighted by Crippen LogP contribution is 2.38. The normalized spacial score (nSPS) is 16.3. The molecular formula is C15H15N2O5S2-. The maximum absolute atomic E-state index is 12.4. The molecule has 7 nitrogen and oxygen atoms in total. The van der Waals surface area contributed by atoms with E-state index in [-0.39, 0.29) is 33.7 Å². The number of non-ortho nitro benzene ring substituents is 1. The standard InChI is InChI=1S/C15H16N2O5S2/c1-8(2)7-16-14(19)12(24-15(16)23)5-9-4-10(17(20)21)6-11(22-3)13(9)18/h4-6,8,18H,7H2,1-3H3/p-1/b12-5-. The zero-order valence-electron chi connectivity index (χ0n) is 13.3. The van der Waals surface area contributed by atoms with Gasteiger partial charge in [-0.1, -0.05) is 43.6 Å². The number of ether oxygens (including phenoxy) is 1. The molecule has 9 heteroatoms. The van der Waals surface area contributed by atoms with Crippen molar-refractivity contribution in [2.75, 3.05) is 13.7 Å². The first kappa shape index (κ1) is 18.2. The van der Waals surface area contributed by atoms with Crippen molar-refractivity contribution in [3.05, 3.63) is 32.7 Å². The first-order chi connectivity index (χ1) is 11.2. The van der Waals surface area contributed by atoms with Crippen LogP contribution in [0.2, 0.25) is 0 Å². The van der Waals surface area contributed by atoms with E-state index >= 15 is 0 Å². The number of carbonyl (C=O) groups excluding carboxylic acids is 1. The van der Waals surface area contributed by atoms with Crippen LogP contribution in [0.4, 0.5) is 5.69 Å². The number of nitro groups is 1. The van der Waals surface area contributed by atoms with Crippen molar-refractivity contribution in [3.8, 4) is 11.5 Å². The SMILES string of the molecule is COc1cc([N+](=O)[O-])cc(/C=C2\SC(=S)N(CC(C)C)C2=O)c1[O-]. The van der Waals surface area contributed by atoms with Crippen molar-refractivity contribution < 1.29 is 19.6 Å². The van der Waals surface area contributed by atoms with E-state index in [0.717, 1.165) is 23.9 Å². The van der Waals surface area contributed by atoms with Crippen LogP contribution < -0.4 is 9.84 Å². The van der Waals surface area contributed by atoms with Crippen molar-refractivity contribution >= 4 is 46.0 Å². The third-order valence-corrected chi connectivity index (χ3v) is 4.58. The second-order valence-corrected chi connectivity index (χ2v) is 7.19. The van der Waals surface area contributed by atoms with Gasteiger partial charge in [-0.05, 0) is 17.6 Å². The molecule has 1 aromatic rings. The van der Waals surface area contributed by atoms with Gasteiger partial charge in [-0.15, -0.1) is 0 Å². The Kier molecular flexibility index (Phi) is 5.45. The average molecular weight is 367 g/mol. The van der Waals surface area contributed by atoms with Crippen LogP contribution in [0, 0.1) is 16.0 Å². The topological polar surface area (TPSA) is 95.7 Å². The molecular weight excluding hydrogens is 352 g/mol. The predicted molar refractivity (Wildman–Crippen MR) is 93.8 cm³/mol. The summed E-state index contributed by atoms with van der Waals surface area (Å²) in [4.78, 5) is 24.5. The zero-order chi connectivity index (χ0) is 18.0. The van der Waals surface area contributed by atoms with Gasteiger partial charge in [0.05, 0.1) is 23.0 Å². The number of rotatable bonds is 5. The Hall–Kier alpha value is -2.13. The molecule has 1 amide bonds. The van der Waals surface area contributed by atoms with Crippen LogP contribution in [0.5, 0.6) is 11.5 Å². The van der Waals surface area contributed by atoms with Crippen LogP contribution in [-0.2, 0) is 4.79 Å². The molecule has 0 aliphatic carbocycles. The van der Waals surface area contributed by atoms with Gasteiger partial charge in [-0.3, -0.25) is 19.8 Å². The fourth-order valence-corrected chi connectivity index (χ4v) is 3.40. The number of amides is 1. The summed E-state index contributed by atoms with van der Waals surface area (Å²) in [6.45, 7) is 4.40. The van der Waals surface area contributed by atoms with E-state index in [0.29, 0.717) is 10.9 Å². The van der Waals surface area contributed by atoms with E-state index in [2.05, 4.69) is 0 Å². The van der Waals surface area contributed by atoms with Crippen molar-refractivity contribution in [2.45, 2.75) is 13.8 Å². The fraction of sp³-hybridized carbons (Fsp3) is 0.333. The highest BCUT2D eigenvalue weighted by atomic mass is 32.2. The summed E-state index contributed by atoms with van der Waals surface area (Å²) in [5.41, 5.74) is -0.263. The van der Waals surface area contributed by atoms with Crippen molar-refractivity contribution in [1.29, 1.82) is 0 Å². The van der Waals surface area contributed by atoms with Crippen LogP contribution in [0.3, 0.4) is 0 Å². The molecule has 0 aromatic heterocycles. The fourth-order valence-electron chi connectivity index (χ4n) is 2.14. The molecule has 1 aromatic carbocycles. The number of carbonyl (C=O) groups is 1. The van der Waals surface area contributed by atoms with E-state index in [1.807, 2.05) is 13.8 Å². The van der Waals surface area contributed by atoms with E-state index < -0.39 is 10.7 Å². The molecule has 0 spiro atoms. The molecule has 1 heterocycles. The van der Waals surface area contributed by atoms with Crippen LogP contribution in [0.25, 0.3) is 6.08 Å². The van der Waals surface area contributed by atoms with Crippen LogP contribution in [0.15, 0.2) is 17.0 Å². The molecule has 0 unspecified atom stereocenters. The number of hydrogen-bond donors (Lipinski definition) is 0. The molecule has 128 valence electrons. The highest BCUT2D eigenvalue weighted by Gasteiger charge is 2.32. The average Bonchev–Trinajstić information content (AvgIpc) is 2.76. The maximum Gasteiger partial charge on any atom is 0.273 e. The molecule has 24 heavy (non-hydrogen) atoms. The molecule has 0 atom stereocenters. The summed E-state index contributed by atoms with van der Waals surface area (Å²) in [5, 5.41) is 23.2. The lowest BCUT2D eigenvalue weighted by atomic mass is 10.1. The molecule has 1 saturated heterocycles. The summed E-state index contributed by atoms with van der Waals surface area (Å²) >= 11 is 6.27. The third-order valence-electron chi connectivity index (χ3n) is 3.21. The number of methoxy groups -OCH3 is 1. The Morgan fingerprint density at radius 1 is 1.46 bits per heavy atom. The van der Waals surface area contributed by atoms with E-state index in [9.17, 15) is 20.0 Å². The number of thioether (sulfide) groups is 1. The molecule has 0 radical (unpaired) electrons. The number of benzene rings is 1. The summed E-state index contributed by atoms with van der Waals surface area (Å²) in [6, 6.07) is 2.18. The van der Waals surface area contributed by atoms with Gasteiger partial charge in [-0.2, -0.15) is 0 Å². The smallest absolute Gasteiger partial charge is 0.273 e. The Bertz CT molecular complexity index is 746. The number of nitro benzene ring substituents is 1. The summed E-state index contributed by atoms with van der Waals surface area (Å²) in [7, 11) is 1.26. The molecule has 0 N–H and O–H groups in total. The van der Waals surface area contributed by atoms with Gasteiger partial charge in [0.2, 0.25) is 0 Å². The molecule has 1 fully saturated rings. The monoisotopic (exact) mass is 367 g/mol. The second-order valence-electron chi connectivity index (χ2n) is 5.51. The Morgan fingerprint density at radius 2 is 2.12 bits per heavy atom. The van der Waals surface area contributed by atoms with Gasteiger partial charge in [0, 0.05) is 12.6 Å². The maximum atomic E-state index is 12.4. The Morgan fingerprint density at radius 3 is 2.67 bits per heavy atom. The van der Waals surface area contributed by atoms with E-state index in [4.69, 9.17) is 17.0 Å². The van der Waals surface area contributed by atoms with Crippen LogP contribution in [0.1, 0.15) is 19.4 Å². The van der Waals surface area contributed by atoms with E-state index in [1.165, 1.54) is 18.1 Å². The molecule has 1 aliphatic heterocycles. The van der Waals surface area contributed by atoms with Gasteiger partial charge in [0.1, 0.15) is 10.1 Å². The lowest BCUT2D eigenvalue weighted by Crippen LogP contribution is -2.31. The predicted octanol–water partition coefficient (Wildman–Crippen LogP) is 2.53. The first-order valence-corrected chi connectivity index (χ1v) is 8.25. The zero-order valence-corrected chi connectivity index (χ0v) is 14.9. The minimum atomic E-state index is -0.622. The molecule has 2 rings (SSSR count). The van der Waals surface area contributed by atoms with E-state index in [1.54, 1.807) is 0 Å². The first-order valence-electron chi connectivity index (χ1n) is 7.03. The van der Waals surface area contributed by atoms with Crippen molar-refractivity contribution in [2.24, 2.45) is 5.92 Å². The second kappa shape index (κ2) is 7.18. The summed E-state index contributed by atoms with van der Waals surface area (Å²) < 4.78 is 5.30. The number of hydrogen-bond acceptors (Lipinski definition) is 7. The van der Waals surface area contributed by atoms with Crippen LogP contribution >= 0.6 is 24.0 Å². The highest BCUT2D eigenvalue weighted by molar-refractivity contribution is 8.26. The van der Waals surface area contributed by atoms with Gasteiger partial charge in [0.25, 0.3) is 11.6 Å². The van der Waals surface area contributed by atoms with Crippen LogP contribution in [-0.4, -0.2) is 33.7 Å². The minimum Gasteiger partial charge on any atom is -0.870 e. The minimum absolute atomic E-state index is 0.0195. The molecule has 0 bridgehead atoms. The molecule has 1 aliphatic rings. The van der Waals surface area contributed by atoms with Gasteiger partial charge < -0.3 is 9.84 Å². The lowest BCUT2D eigenvalue weighted by molar-refractivity contribution is -0.385. The quantitative estimate of drug-likeness (QED) is 0.341. The Labute approximate surface area is 148 Å². The number of thiocarbonyl (C=S) groups is 1. The third kappa shape index (κ3) is 3.68. The van der Waals surface area contributed by atoms with Gasteiger partial charge in [0.15, 0.2) is 0 Å². The number of nitrogens with zero attached hydrogens (tertiary/aromatic N) is 2. The molecule has 0 saturated carbocycles. The lowest BCUT2D eigenvalue weighted by Gasteiger charge is -2.17.